The van der Waals surface area contributed by atoms with Crippen molar-refractivity contribution in [2.45, 2.75) is 257 Å². The zero-order valence-corrected chi connectivity index (χ0v) is 38.9. The topological polar surface area (TPSA) is 95.9 Å². The summed E-state index contributed by atoms with van der Waals surface area (Å²) in [4.78, 5) is 26.0. The molecule has 0 aliphatic rings. The van der Waals surface area contributed by atoms with Crippen molar-refractivity contribution >= 4 is 11.9 Å². The zero-order chi connectivity index (χ0) is 43.1. The van der Waals surface area contributed by atoms with E-state index in [-0.39, 0.29) is 31.3 Å². The number of amides is 1. The fourth-order valence-electron chi connectivity index (χ4n) is 7.36. The molecule has 0 aromatic rings. The SMILES string of the molecule is CC/C=C/C/C=C/C/C=C/C/C=C/C/C=C/CCC(=O)OC(CCCCCCCCCC)CC(=O)NC(CO)C(O)CCCCCCCCCCCCCCCCCC. The smallest absolute Gasteiger partial charge is 0.306 e. The van der Waals surface area contributed by atoms with E-state index in [1.807, 2.05) is 6.08 Å². The van der Waals surface area contributed by atoms with Gasteiger partial charge in [-0.3, -0.25) is 9.59 Å². The van der Waals surface area contributed by atoms with Crippen LogP contribution in [0.15, 0.2) is 60.8 Å². The molecule has 0 spiro atoms. The molecular weight excluding hydrogens is 731 g/mol. The van der Waals surface area contributed by atoms with Gasteiger partial charge in [-0.05, 0) is 57.8 Å². The molecule has 0 aliphatic carbocycles. The normalized spacial score (nSPS) is 13.8. The number of aliphatic hydroxyl groups is 2. The van der Waals surface area contributed by atoms with Gasteiger partial charge in [-0.2, -0.15) is 0 Å². The Labute approximate surface area is 365 Å². The number of carbonyl (C=O) groups excluding carboxylic acids is 2. The number of aliphatic hydroxyl groups excluding tert-OH is 2. The van der Waals surface area contributed by atoms with Crippen molar-refractivity contribution in [3.63, 3.8) is 0 Å². The van der Waals surface area contributed by atoms with E-state index < -0.39 is 18.2 Å². The number of esters is 1. The van der Waals surface area contributed by atoms with E-state index in [1.54, 1.807) is 0 Å². The summed E-state index contributed by atoms with van der Waals surface area (Å²) in [7, 11) is 0. The Kier molecular flexibility index (Phi) is 44.7. The fourth-order valence-corrected chi connectivity index (χ4v) is 7.36. The first kappa shape index (κ1) is 56.6. The average Bonchev–Trinajstić information content (AvgIpc) is 3.23. The second-order valence-corrected chi connectivity index (χ2v) is 16.8. The maximum atomic E-state index is 13.1. The quantitative estimate of drug-likeness (QED) is 0.0323. The van der Waals surface area contributed by atoms with E-state index >= 15 is 0 Å². The summed E-state index contributed by atoms with van der Waals surface area (Å²) in [6.07, 6.45) is 57.3. The average molecular weight is 826 g/mol. The van der Waals surface area contributed by atoms with Crippen molar-refractivity contribution in [2.24, 2.45) is 0 Å². The molecule has 0 bridgehead atoms. The van der Waals surface area contributed by atoms with Gasteiger partial charge in [0.25, 0.3) is 0 Å². The van der Waals surface area contributed by atoms with Gasteiger partial charge < -0.3 is 20.3 Å². The molecule has 0 fully saturated rings. The van der Waals surface area contributed by atoms with Gasteiger partial charge in [0.15, 0.2) is 0 Å². The molecule has 6 heteroatoms. The van der Waals surface area contributed by atoms with Crippen molar-refractivity contribution in [3.05, 3.63) is 60.8 Å². The summed E-state index contributed by atoms with van der Waals surface area (Å²) in [5.41, 5.74) is 0. The lowest BCUT2D eigenvalue weighted by atomic mass is 10.0. The van der Waals surface area contributed by atoms with Gasteiger partial charge in [-0.1, -0.05) is 229 Å². The number of carbonyl (C=O) groups is 2. The predicted molar refractivity (Wildman–Crippen MR) is 255 cm³/mol. The molecule has 0 aromatic heterocycles. The highest BCUT2D eigenvalue weighted by atomic mass is 16.5. The molecule has 0 saturated carbocycles. The lowest BCUT2D eigenvalue weighted by Crippen LogP contribution is -2.46. The van der Waals surface area contributed by atoms with Crippen molar-refractivity contribution in [1.82, 2.24) is 5.32 Å². The van der Waals surface area contributed by atoms with Crippen LogP contribution in [0.2, 0.25) is 0 Å². The van der Waals surface area contributed by atoms with Crippen LogP contribution in [0, 0.1) is 0 Å². The van der Waals surface area contributed by atoms with Crippen LogP contribution in [0.1, 0.15) is 239 Å². The van der Waals surface area contributed by atoms with E-state index in [0.29, 0.717) is 19.3 Å². The summed E-state index contributed by atoms with van der Waals surface area (Å²) in [6.45, 7) is 6.33. The number of hydrogen-bond donors (Lipinski definition) is 3. The van der Waals surface area contributed by atoms with Crippen LogP contribution in [0.5, 0.6) is 0 Å². The van der Waals surface area contributed by atoms with E-state index in [9.17, 15) is 19.8 Å². The molecule has 342 valence electrons. The second-order valence-electron chi connectivity index (χ2n) is 16.8. The number of allylic oxidation sites excluding steroid dienone is 10. The van der Waals surface area contributed by atoms with Crippen molar-refractivity contribution in [3.8, 4) is 0 Å². The van der Waals surface area contributed by atoms with Gasteiger partial charge in [0, 0.05) is 6.42 Å². The van der Waals surface area contributed by atoms with Crippen LogP contribution in [-0.4, -0.2) is 46.9 Å². The van der Waals surface area contributed by atoms with Gasteiger partial charge in [0.1, 0.15) is 6.10 Å². The minimum absolute atomic E-state index is 0.0478. The molecule has 0 aromatic carbocycles. The van der Waals surface area contributed by atoms with Crippen LogP contribution in [0.3, 0.4) is 0 Å². The van der Waals surface area contributed by atoms with Crippen LogP contribution in [0.4, 0.5) is 0 Å². The van der Waals surface area contributed by atoms with Crippen LogP contribution < -0.4 is 5.32 Å². The Hall–Kier alpha value is -2.44. The largest absolute Gasteiger partial charge is 0.462 e. The third kappa shape index (κ3) is 42.1. The third-order valence-corrected chi connectivity index (χ3v) is 11.1. The maximum absolute atomic E-state index is 13.1. The molecule has 0 saturated heterocycles. The van der Waals surface area contributed by atoms with Crippen molar-refractivity contribution in [2.75, 3.05) is 6.61 Å². The third-order valence-electron chi connectivity index (χ3n) is 11.1. The lowest BCUT2D eigenvalue weighted by Gasteiger charge is -2.24. The number of unbranched alkanes of at least 4 members (excludes halogenated alkanes) is 22. The number of rotatable bonds is 44. The molecule has 0 radical (unpaired) electrons. The molecule has 59 heavy (non-hydrogen) atoms. The summed E-state index contributed by atoms with van der Waals surface area (Å²) in [6, 6.07) is -0.714. The maximum Gasteiger partial charge on any atom is 0.306 e. The number of ether oxygens (including phenoxy) is 1. The highest BCUT2D eigenvalue weighted by Gasteiger charge is 2.24. The minimum atomic E-state index is -0.798. The monoisotopic (exact) mass is 826 g/mol. The first-order chi connectivity index (χ1) is 29.0. The molecule has 3 unspecified atom stereocenters. The first-order valence-corrected chi connectivity index (χ1v) is 25.0. The van der Waals surface area contributed by atoms with Crippen molar-refractivity contribution in [1.29, 1.82) is 0 Å². The van der Waals surface area contributed by atoms with Gasteiger partial charge in [-0.25, -0.2) is 0 Å². The molecule has 0 aliphatic heterocycles. The highest BCUT2D eigenvalue weighted by Crippen LogP contribution is 2.17. The van der Waals surface area contributed by atoms with E-state index in [1.165, 1.54) is 116 Å². The molecule has 0 heterocycles. The number of nitrogens with one attached hydrogen (secondary N) is 1. The minimum Gasteiger partial charge on any atom is -0.462 e. The lowest BCUT2D eigenvalue weighted by molar-refractivity contribution is -0.150. The Morgan fingerprint density at radius 1 is 0.508 bits per heavy atom. The standard InChI is InChI=1S/C53H95NO5/c1-4-7-10-13-16-19-21-23-25-27-29-31-33-36-39-42-45-51(56)50(48-55)54-52(57)47-49(44-41-38-35-18-15-12-9-6-3)59-53(58)46-43-40-37-34-32-30-28-26-24-22-20-17-14-11-8-5-2/h8,11,17,20,24,26,30,32,37,40,49-51,55-56H,4-7,9-10,12-16,18-19,21-23,25,27-29,31,33-36,38-39,41-48H2,1-3H3,(H,54,57)/b11-8+,20-17+,26-24+,32-30+,40-37+. The summed E-state index contributed by atoms with van der Waals surface area (Å²) in [5.74, 6) is -0.573. The Morgan fingerprint density at radius 3 is 1.29 bits per heavy atom. The zero-order valence-electron chi connectivity index (χ0n) is 38.9. The predicted octanol–water partition coefficient (Wildman–Crippen LogP) is 14.8. The van der Waals surface area contributed by atoms with Gasteiger partial charge in [0.05, 0.1) is 25.2 Å². The molecule has 0 rings (SSSR count). The first-order valence-electron chi connectivity index (χ1n) is 25.0. The van der Waals surface area contributed by atoms with Crippen molar-refractivity contribution < 1.29 is 24.5 Å². The Balaban J connectivity index is 4.51. The molecule has 3 atom stereocenters. The molecule has 6 nitrogen and oxygen atoms in total. The van der Waals surface area contributed by atoms with Crippen LogP contribution >= 0.6 is 0 Å². The van der Waals surface area contributed by atoms with Crippen LogP contribution in [0.25, 0.3) is 0 Å². The van der Waals surface area contributed by atoms with E-state index in [2.05, 4.69) is 80.8 Å². The molecular formula is C53H95NO5. The number of hydrogen-bond acceptors (Lipinski definition) is 5. The summed E-state index contributed by atoms with van der Waals surface area (Å²) in [5, 5.41) is 23.7. The molecule has 3 N–H and O–H groups in total. The Bertz CT molecular complexity index is 1060. The molecule has 1 amide bonds. The highest BCUT2D eigenvalue weighted by molar-refractivity contribution is 5.77. The van der Waals surface area contributed by atoms with Gasteiger partial charge in [0.2, 0.25) is 5.91 Å². The fraction of sp³-hybridized carbons (Fsp3) is 0.774. The van der Waals surface area contributed by atoms with Gasteiger partial charge in [-0.15, -0.1) is 0 Å². The summed E-state index contributed by atoms with van der Waals surface area (Å²) >= 11 is 0. The summed E-state index contributed by atoms with van der Waals surface area (Å²) < 4.78 is 5.86. The second kappa shape index (κ2) is 46.6. The van der Waals surface area contributed by atoms with E-state index in [0.717, 1.165) is 70.6 Å². The Morgan fingerprint density at radius 2 is 0.881 bits per heavy atom. The van der Waals surface area contributed by atoms with Crippen LogP contribution in [-0.2, 0) is 14.3 Å². The van der Waals surface area contributed by atoms with Gasteiger partial charge >= 0.3 is 5.97 Å². The van der Waals surface area contributed by atoms with E-state index in [4.69, 9.17) is 4.74 Å².